The predicted molar refractivity (Wildman–Crippen MR) is 135 cm³/mol. The summed E-state index contributed by atoms with van der Waals surface area (Å²) in [4.78, 5) is 37.0. The van der Waals surface area contributed by atoms with E-state index in [1.807, 2.05) is 0 Å². The molecule has 0 saturated carbocycles. The number of halogens is 1. The number of rotatable bonds is 10. The van der Waals surface area contributed by atoms with E-state index in [9.17, 15) is 27.2 Å². The van der Waals surface area contributed by atoms with Gasteiger partial charge in [0.1, 0.15) is 5.82 Å². The topological polar surface area (TPSA) is 163 Å². The van der Waals surface area contributed by atoms with Crippen LogP contribution >= 0.6 is 0 Å². The van der Waals surface area contributed by atoms with E-state index in [1.165, 1.54) is 80.8 Å². The fourth-order valence-electron chi connectivity index (χ4n) is 3.04. The summed E-state index contributed by atoms with van der Waals surface area (Å²) >= 11 is 0. The number of esters is 1. The first kappa shape index (κ1) is 28.1. The van der Waals surface area contributed by atoms with Gasteiger partial charge in [-0.05, 0) is 73.7 Å². The number of ether oxygens (including phenoxy) is 3. The molecule has 0 aromatic heterocycles. The number of carbonyl (C=O) groups is 3. The Bertz CT molecular complexity index is 1430. The monoisotopic (exact) mass is 545 g/mol. The standard InChI is InChI=1S/C25H24FN3O8S/c1-15(24(31)29-19-8-10-20(11-9-19)38(27,33)34)37-25(32)16-3-12-21(22(13-16)35-2)36-14-23(30)28-18-6-4-17(26)5-7-18/h3-13,15H,14H2,1-2H3,(H,28,30)(H,29,31)(H2,27,33,34)/t15-/m0/s1. The molecule has 3 aromatic carbocycles. The molecule has 0 aliphatic rings. The molecular formula is C25H24FN3O8S. The molecule has 0 spiro atoms. The van der Waals surface area contributed by atoms with E-state index in [-0.39, 0.29) is 34.3 Å². The number of carbonyl (C=O) groups excluding carboxylic acids is 3. The fourth-order valence-corrected chi connectivity index (χ4v) is 3.56. The Kier molecular flexibility index (Phi) is 8.99. The minimum absolute atomic E-state index is 0.0575. The largest absolute Gasteiger partial charge is 0.493 e. The van der Waals surface area contributed by atoms with Crippen LogP contribution in [0.1, 0.15) is 17.3 Å². The number of benzene rings is 3. The van der Waals surface area contributed by atoms with Gasteiger partial charge >= 0.3 is 5.97 Å². The zero-order chi connectivity index (χ0) is 27.9. The maximum atomic E-state index is 13.0. The van der Waals surface area contributed by atoms with E-state index in [1.54, 1.807) is 0 Å². The number of amides is 2. The summed E-state index contributed by atoms with van der Waals surface area (Å²) in [6.45, 7) is 0.979. The average molecular weight is 546 g/mol. The molecule has 4 N–H and O–H groups in total. The van der Waals surface area contributed by atoms with Gasteiger partial charge in [0.05, 0.1) is 17.6 Å². The first-order chi connectivity index (χ1) is 18.0. The van der Waals surface area contributed by atoms with Gasteiger partial charge in [0.15, 0.2) is 24.2 Å². The van der Waals surface area contributed by atoms with Crippen LogP contribution in [0.3, 0.4) is 0 Å². The van der Waals surface area contributed by atoms with E-state index in [4.69, 9.17) is 19.3 Å². The zero-order valence-electron chi connectivity index (χ0n) is 20.3. The van der Waals surface area contributed by atoms with E-state index < -0.39 is 39.7 Å². The SMILES string of the molecule is COc1cc(C(=O)O[C@@H](C)C(=O)Nc2ccc(S(N)(=O)=O)cc2)ccc1OCC(=O)Nc1ccc(F)cc1. The van der Waals surface area contributed by atoms with Crippen LogP contribution in [0.25, 0.3) is 0 Å². The molecule has 0 saturated heterocycles. The highest BCUT2D eigenvalue weighted by molar-refractivity contribution is 7.89. The Balaban J connectivity index is 1.56. The van der Waals surface area contributed by atoms with Gasteiger partial charge in [0, 0.05) is 11.4 Å². The van der Waals surface area contributed by atoms with Crippen molar-refractivity contribution in [3.8, 4) is 11.5 Å². The third-order valence-electron chi connectivity index (χ3n) is 4.99. The van der Waals surface area contributed by atoms with Crippen LogP contribution in [0, 0.1) is 5.82 Å². The van der Waals surface area contributed by atoms with Gasteiger partial charge in [-0.2, -0.15) is 0 Å². The molecule has 0 unspecified atom stereocenters. The quantitative estimate of drug-likeness (QED) is 0.328. The number of anilines is 2. The zero-order valence-corrected chi connectivity index (χ0v) is 21.1. The summed E-state index contributed by atoms with van der Waals surface area (Å²) < 4.78 is 51.5. The summed E-state index contributed by atoms with van der Waals surface area (Å²) in [6.07, 6.45) is -1.20. The summed E-state index contributed by atoms with van der Waals surface area (Å²) in [5.41, 5.74) is 0.725. The predicted octanol–water partition coefficient (Wildman–Crippen LogP) is 2.68. The van der Waals surface area contributed by atoms with Gasteiger partial charge < -0.3 is 24.8 Å². The lowest BCUT2D eigenvalue weighted by atomic mass is 10.2. The summed E-state index contributed by atoms with van der Waals surface area (Å²) in [5, 5.41) is 10.1. The lowest BCUT2D eigenvalue weighted by Gasteiger charge is -2.15. The Morgan fingerprint density at radius 1 is 0.921 bits per heavy atom. The first-order valence-electron chi connectivity index (χ1n) is 11.0. The molecule has 11 nitrogen and oxygen atoms in total. The molecule has 3 aromatic rings. The number of hydrogen-bond donors (Lipinski definition) is 3. The van der Waals surface area contributed by atoms with Crippen molar-refractivity contribution in [1.29, 1.82) is 0 Å². The molecule has 1 atom stereocenters. The van der Waals surface area contributed by atoms with Crippen LogP contribution in [-0.2, 0) is 24.3 Å². The molecule has 0 radical (unpaired) electrons. The molecule has 0 heterocycles. The van der Waals surface area contributed by atoms with Crippen LogP contribution < -0.4 is 25.2 Å². The molecule has 13 heteroatoms. The van der Waals surface area contributed by atoms with Gasteiger partial charge in [-0.25, -0.2) is 22.7 Å². The molecule has 0 fully saturated rings. The molecular weight excluding hydrogens is 521 g/mol. The van der Waals surface area contributed by atoms with E-state index >= 15 is 0 Å². The van der Waals surface area contributed by atoms with E-state index in [0.717, 1.165) is 0 Å². The van der Waals surface area contributed by atoms with Gasteiger partial charge in [0.25, 0.3) is 11.8 Å². The highest BCUT2D eigenvalue weighted by atomic mass is 32.2. The molecule has 0 aliphatic carbocycles. The van der Waals surface area contributed by atoms with Crippen LogP contribution in [0.5, 0.6) is 11.5 Å². The third kappa shape index (κ3) is 7.75. The number of hydrogen-bond acceptors (Lipinski definition) is 8. The van der Waals surface area contributed by atoms with Crippen molar-refractivity contribution >= 4 is 39.2 Å². The average Bonchev–Trinajstić information content (AvgIpc) is 2.88. The lowest BCUT2D eigenvalue weighted by Crippen LogP contribution is -2.30. The maximum absolute atomic E-state index is 13.0. The number of nitrogens with two attached hydrogens (primary N) is 1. The van der Waals surface area contributed by atoms with Crippen molar-refractivity contribution in [1.82, 2.24) is 0 Å². The van der Waals surface area contributed by atoms with Crippen molar-refractivity contribution in [3.05, 3.63) is 78.1 Å². The van der Waals surface area contributed by atoms with Crippen molar-refractivity contribution < 1.29 is 41.4 Å². The fraction of sp³-hybridized carbons (Fsp3) is 0.160. The van der Waals surface area contributed by atoms with Crippen molar-refractivity contribution in [3.63, 3.8) is 0 Å². The van der Waals surface area contributed by atoms with Crippen LogP contribution in [0.2, 0.25) is 0 Å². The van der Waals surface area contributed by atoms with Crippen molar-refractivity contribution in [2.24, 2.45) is 5.14 Å². The molecule has 2 amide bonds. The first-order valence-corrected chi connectivity index (χ1v) is 12.5. The van der Waals surface area contributed by atoms with E-state index in [2.05, 4.69) is 10.6 Å². The smallest absolute Gasteiger partial charge is 0.339 e. The number of primary sulfonamides is 1. The van der Waals surface area contributed by atoms with E-state index in [0.29, 0.717) is 5.69 Å². The van der Waals surface area contributed by atoms with Crippen LogP contribution in [0.4, 0.5) is 15.8 Å². The van der Waals surface area contributed by atoms with Gasteiger partial charge in [0.2, 0.25) is 10.0 Å². The Labute approximate surface area is 217 Å². The minimum atomic E-state index is -3.87. The molecule has 38 heavy (non-hydrogen) atoms. The Morgan fingerprint density at radius 2 is 1.53 bits per heavy atom. The van der Waals surface area contributed by atoms with Crippen LogP contribution in [0.15, 0.2) is 71.6 Å². The minimum Gasteiger partial charge on any atom is -0.493 e. The lowest BCUT2D eigenvalue weighted by molar-refractivity contribution is -0.123. The molecule has 0 aliphatic heterocycles. The second kappa shape index (κ2) is 12.2. The molecule has 0 bridgehead atoms. The number of sulfonamides is 1. The second-order valence-corrected chi connectivity index (χ2v) is 9.38. The molecule has 200 valence electrons. The van der Waals surface area contributed by atoms with Gasteiger partial charge in [-0.1, -0.05) is 0 Å². The van der Waals surface area contributed by atoms with Crippen molar-refractivity contribution in [2.45, 2.75) is 17.9 Å². The number of methoxy groups -OCH3 is 1. The third-order valence-corrected chi connectivity index (χ3v) is 5.92. The van der Waals surface area contributed by atoms with Crippen molar-refractivity contribution in [2.75, 3.05) is 24.4 Å². The summed E-state index contributed by atoms with van der Waals surface area (Å²) in [5.74, 6) is -2.10. The van der Waals surface area contributed by atoms with Crippen LogP contribution in [-0.4, -0.2) is 46.0 Å². The molecule has 3 rings (SSSR count). The highest BCUT2D eigenvalue weighted by Crippen LogP contribution is 2.28. The van der Waals surface area contributed by atoms with Gasteiger partial charge in [-0.3, -0.25) is 9.59 Å². The second-order valence-electron chi connectivity index (χ2n) is 7.82. The summed E-state index contributed by atoms with van der Waals surface area (Å²) in [7, 11) is -2.53. The maximum Gasteiger partial charge on any atom is 0.339 e. The number of nitrogens with one attached hydrogen (secondary N) is 2. The summed E-state index contributed by atoms with van der Waals surface area (Å²) in [6, 6.07) is 14.4. The Morgan fingerprint density at radius 3 is 2.13 bits per heavy atom. The normalized spacial score (nSPS) is 11.7. The van der Waals surface area contributed by atoms with Gasteiger partial charge in [-0.15, -0.1) is 0 Å². The Hall–Kier alpha value is -4.49. The highest BCUT2D eigenvalue weighted by Gasteiger charge is 2.21.